The second kappa shape index (κ2) is 4.30. The van der Waals surface area contributed by atoms with Gasteiger partial charge < -0.3 is 5.11 Å². The van der Waals surface area contributed by atoms with Gasteiger partial charge in [-0.2, -0.15) is 4.99 Å². The van der Waals surface area contributed by atoms with E-state index in [-0.39, 0.29) is 11.6 Å². The first-order valence-electron chi connectivity index (χ1n) is 5.68. The first kappa shape index (κ1) is 11.8. The molecule has 0 spiro atoms. The number of nitrogens with zero attached hydrogens (tertiary/aromatic N) is 1. The van der Waals surface area contributed by atoms with Crippen LogP contribution in [0.2, 0.25) is 0 Å². The van der Waals surface area contributed by atoms with Crippen LogP contribution in [0.25, 0.3) is 0 Å². The highest BCUT2D eigenvalue weighted by atomic mass is 19.1. The van der Waals surface area contributed by atoms with Crippen LogP contribution in [0.5, 0.6) is 5.75 Å². The van der Waals surface area contributed by atoms with E-state index in [0.29, 0.717) is 24.0 Å². The van der Waals surface area contributed by atoms with Crippen molar-refractivity contribution >= 4 is 6.08 Å². The van der Waals surface area contributed by atoms with Gasteiger partial charge in [0.2, 0.25) is 6.08 Å². The van der Waals surface area contributed by atoms with Gasteiger partial charge in [0.25, 0.3) is 0 Å². The highest BCUT2D eigenvalue weighted by molar-refractivity contribution is 5.48. The van der Waals surface area contributed by atoms with Crippen LogP contribution in [0.1, 0.15) is 36.8 Å². The zero-order chi connectivity index (χ0) is 12.5. The van der Waals surface area contributed by atoms with E-state index in [2.05, 4.69) is 4.99 Å². The first-order valence-corrected chi connectivity index (χ1v) is 5.68. The second-order valence-corrected chi connectivity index (χ2v) is 4.51. The van der Waals surface area contributed by atoms with E-state index < -0.39 is 5.54 Å². The third-order valence-corrected chi connectivity index (χ3v) is 3.53. The molecule has 0 bridgehead atoms. The number of aliphatic imine (C=N–C) groups is 1. The minimum atomic E-state index is -0.780. The van der Waals surface area contributed by atoms with E-state index in [4.69, 9.17) is 0 Å². The Bertz CT molecular complexity index is 486. The number of halogens is 1. The van der Waals surface area contributed by atoms with Crippen molar-refractivity contribution in [2.24, 2.45) is 4.99 Å². The van der Waals surface area contributed by atoms with Gasteiger partial charge in [0.05, 0.1) is 0 Å². The molecule has 1 aromatic carbocycles. The summed E-state index contributed by atoms with van der Waals surface area (Å²) < 4.78 is 13.6. The largest absolute Gasteiger partial charge is 0.508 e. The topological polar surface area (TPSA) is 49.7 Å². The predicted molar refractivity (Wildman–Crippen MR) is 61.1 cm³/mol. The fourth-order valence-corrected chi connectivity index (χ4v) is 2.72. The SMILES string of the molecule is Cc1c(F)ccc(O)c1C1(N=C=O)CCCC1. The zero-order valence-corrected chi connectivity index (χ0v) is 9.66. The van der Waals surface area contributed by atoms with E-state index in [1.54, 1.807) is 13.0 Å². The maximum atomic E-state index is 13.6. The molecule has 17 heavy (non-hydrogen) atoms. The van der Waals surface area contributed by atoms with Crippen LogP contribution in [0.15, 0.2) is 17.1 Å². The van der Waals surface area contributed by atoms with Gasteiger partial charge in [-0.1, -0.05) is 12.8 Å². The van der Waals surface area contributed by atoms with Gasteiger partial charge >= 0.3 is 0 Å². The van der Waals surface area contributed by atoms with Crippen LogP contribution < -0.4 is 0 Å². The Morgan fingerprint density at radius 1 is 1.41 bits per heavy atom. The second-order valence-electron chi connectivity index (χ2n) is 4.51. The fourth-order valence-electron chi connectivity index (χ4n) is 2.72. The molecule has 0 heterocycles. The molecule has 1 aromatic rings. The number of aromatic hydroxyl groups is 1. The summed E-state index contributed by atoms with van der Waals surface area (Å²) in [6, 6.07) is 2.54. The lowest BCUT2D eigenvalue weighted by molar-refractivity contribution is 0.402. The van der Waals surface area contributed by atoms with Crippen LogP contribution in [0.4, 0.5) is 4.39 Å². The quantitative estimate of drug-likeness (QED) is 0.633. The number of carbonyl (C=O) groups excluding carboxylic acids is 1. The number of hydrogen-bond donors (Lipinski definition) is 1. The molecule has 0 atom stereocenters. The van der Waals surface area contributed by atoms with Crippen LogP contribution in [0.3, 0.4) is 0 Å². The average Bonchev–Trinajstić information content (AvgIpc) is 2.74. The molecular weight excluding hydrogens is 221 g/mol. The van der Waals surface area contributed by atoms with E-state index in [9.17, 15) is 14.3 Å². The maximum absolute atomic E-state index is 13.6. The third-order valence-electron chi connectivity index (χ3n) is 3.53. The molecule has 1 saturated carbocycles. The molecule has 4 heteroatoms. The van der Waals surface area contributed by atoms with Gasteiger partial charge in [-0.3, -0.25) is 0 Å². The molecule has 0 saturated heterocycles. The normalized spacial score (nSPS) is 17.8. The molecular formula is C13H14FNO2. The summed E-state index contributed by atoms with van der Waals surface area (Å²) in [5.41, 5.74) is 0.0297. The summed E-state index contributed by atoms with van der Waals surface area (Å²) in [5.74, 6) is -0.380. The molecule has 1 aliphatic carbocycles. The summed E-state index contributed by atoms with van der Waals surface area (Å²) in [6.07, 6.45) is 4.70. The van der Waals surface area contributed by atoms with Gasteiger partial charge in [0, 0.05) is 5.56 Å². The minimum Gasteiger partial charge on any atom is -0.508 e. The Hall–Kier alpha value is -1.67. The number of phenols is 1. The lowest BCUT2D eigenvalue weighted by atomic mass is 9.85. The fraction of sp³-hybridized carbons (Fsp3) is 0.462. The predicted octanol–water partition coefficient (Wildman–Crippen LogP) is 2.94. The number of phenolic OH excluding ortho intramolecular Hbond substituents is 1. The third kappa shape index (κ3) is 1.85. The van der Waals surface area contributed by atoms with E-state index in [0.717, 1.165) is 12.8 Å². The minimum absolute atomic E-state index is 0.00444. The van der Waals surface area contributed by atoms with Crippen molar-refractivity contribution in [2.75, 3.05) is 0 Å². The van der Waals surface area contributed by atoms with E-state index >= 15 is 0 Å². The van der Waals surface area contributed by atoms with Crippen LogP contribution in [-0.2, 0) is 10.3 Å². The molecule has 2 rings (SSSR count). The Morgan fingerprint density at radius 3 is 2.65 bits per heavy atom. The maximum Gasteiger partial charge on any atom is 0.235 e. The standard InChI is InChI=1S/C13H14FNO2/c1-9-10(14)4-5-11(17)12(9)13(15-8-16)6-2-3-7-13/h4-5,17H,2-3,6-7H2,1H3. The number of isocyanates is 1. The van der Waals surface area contributed by atoms with E-state index in [1.807, 2.05) is 0 Å². The number of rotatable bonds is 2. The Kier molecular flexibility index (Phi) is 2.99. The summed E-state index contributed by atoms with van der Waals surface area (Å²) in [4.78, 5) is 14.4. The Labute approximate surface area is 99.0 Å². The van der Waals surface area contributed by atoms with Crippen molar-refractivity contribution in [1.82, 2.24) is 0 Å². The summed E-state index contributed by atoms with van der Waals surface area (Å²) in [5, 5.41) is 9.91. The highest BCUT2D eigenvalue weighted by Gasteiger charge is 2.39. The molecule has 1 aliphatic rings. The molecule has 1 fully saturated rings. The van der Waals surface area contributed by atoms with Gasteiger partial charge in [-0.05, 0) is 37.5 Å². The molecule has 90 valence electrons. The molecule has 0 unspecified atom stereocenters. The lowest BCUT2D eigenvalue weighted by Gasteiger charge is -2.25. The highest BCUT2D eigenvalue weighted by Crippen LogP contribution is 2.47. The average molecular weight is 235 g/mol. The number of hydrogen-bond acceptors (Lipinski definition) is 3. The van der Waals surface area contributed by atoms with Crippen molar-refractivity contribution in [3.05, 3.63) is 29.1 Å². The Balaban J connectivity index is 2.65. The van der Waals surface area contributed by atoms with Crippen LogP contribution in [0, 0.1) is 12.7 Å². The van der Waals surface area contributed by atoms with Crippen molar-refractivity contribution in [3.63, 3.8) is 0 Å². The van der Waals surface area contributed by atoms with Gasteiger partial charge in [-0.15, -0.1) is 0 Å². The molecule has 0 aromatic heterocycles. The lowest BCUT2D eigenvalue weighted by Crippen LogP contribution is -2.21. The van der Waals surface area contributed by atoms with Crippen molar-refractivity contribution in [2.45, 2.75) is 38.1 Å². The molecule has 3 nitrogen and oxygen atoms in total. The van der Waals surface area contributed by atoms with Crippen LogP contribution in [-0.4, -0.2) is 11.2 Å². The van der Waals surface area contributed by atoms with Gasteiger partial charge in [0.15, 0.2) is 0 Å². The van der Waals surface area contributed by atoms with Crippen molar-refractivity contribution < 1.29 is 14.3 Å². The molecule has 0 amide bonds. The molecule has 1 N–H and O–H groups in total. The molecule has 0 radical (unpaired) electrons. The van der Waals surface area contributed by atoms with Crippen molar-refractivity contribution in [1.29, 1.82) is 0 Å². The smallest absolute Gasteiger partial charge is 0.235 e. The van der Waals surface area contributed by atoms with E-state index in [1.165, 1.54) is 12.1 Å². The molecule has 0 aliphatic heterocycles. The monoisotopic (exact) mass is 235 g/mol. The zero-order valence-electron chi connectivity index (χ0n) is 9.66. The van der Waals surface area contributed by atoms with Crippen LogP contribution >= 0.6 is 0 Å². The van der Waals surface area contributed by atoms with Gasteiger partial charge in [0.1, 0.15) is 17.1 Å². The summed E-state index contributed by atoms with van der Waals surface area (Å²) in [7, 11) is 0. The number of benzene rings is 1. The summed E-state index contributed by atoms with van der Waals surface area (Å²) in [6.45, 7) is 1.60. The summed E-state index contributed by atoms with van der Waals surface area (Å²) >= 11 is 0. The Morgan fingerprint density at radius 2 is 2.06 bits per heavy atom. The van der Waals surface area contributed by atoms with Gasteiger partial charge in [-0.25, -0.2) is 9.18 Å². The first-order chi connectivity index (χ1) is 8.10. The van der Waals surface area contributed by atoms with Crippen molar-refractivity contribution in [3.8, 4) is 5.75 Å².